The zero-order valence-electron chi connectivity index (χ0n) is 16.7. The molecule has 3 nitrogen and oxygen atoms in total. The first-order valence-corrected chi connectivity index (χ1v) is 9.68. The molecule has 4 rings (SSSR count). The summed E-state index contributed by atoms with van der Waals surface area (Å²) in [7, 11) is 0. The number of aromatic nitrogens is 1. The zero-order valence-corrected chi connectivity index (χ0v) is 16.7. The summed E-state index contributed by atoms with van der Waals surface area (Å²) in [5.74, 6) is 0. The maximum absolute atomic E-state index is 13.3. The highest BCUT2D eigenvalue weighted by molar-refractivity contribution is 6.08. The Balaban J connectivity index is 2.01. The number of hydrogen-bond donors (Lipinski definition) is 2. The monoisotopic (exact) mass is 452 g/mol. The molecule has 0 bridgehead atoms. The molecule has 3 aromatic carbocycles. The number of fused-ring (bicyclic) bond motifs is 3. The van der Waals surface area contributed by atoms with Crippen molar-refractivity contribution in [3.8, 4) is 0 Å². The van der Waals surface area contributed by atoms with E-state index in [0.717, 1.165) is 24.3 Å². The Hall–Kier alpha value is -3.20. The number of anilines is 1. The van der Waals surface area contributed by atoms with Crippen LogP contribution in [0.25, 0.3) is 21.8 Å². The highest BCUT2D eigenvalue weighted by Crippen LogP contribution is 2.40. The summed E-state index contributed by atoms with van der Waals surface area (Å²) in [5, 5.41) is 13.6. The van der Waals surface area contributed by atoms with Gasteiger partial charge in [-0.05, 0) is 55.5 Å². The zero-order chi connectivity index (χ0) is 23.3. The summed E-state index contributed by atoms with van der Waals surface area (Å²) in [4.78, 5) is 0. The van der Waals surface area contributed by atoms with Crippen molar-refractivity contribution in [2.75, 3.05) is 5.32 Å². The molecule has 4 aromatic rings. The summed E-state index contributed by atoms with van der Waals surface area (Å²) in [5.41, 5.74) is -0.771. The molecule has 2 unspecified atom stereocenters. The molecule has 0 radical (unpaired) electrons. The fourth-order valence-electron chi connectivity index (χ4n) is 3.81. The molecule has 0 saturated carbocycles. The number of hydrogen-bond acceptors (Lipinski definition) is 2. The molecule has 2 atom stereocenters. The van der Waals surface area contributed by atoms with Gasteiger partial charge in [-0.3, -0.25) is 0 Å². The Labute approximate surface area is 178 Å². The number of para-hydroxylation sites is 1. The molecular formula is C23H18F6N2O. The SMILES string of the molecule is CC(O)C(Nc1ccccc1)n1c2ccc(C(F)(F)F)cc2c2cc(C(F)(F)F)ccc21. The first kappa shape index (κ1) is 22.0. The van der Waals surface area contributed by atoms with Gasteiger partial charge < -0.3 is 15.0 Å². The standard InChI is InChI=1S/C23H18F6N2O/c1-13(32)21(30-16-5-3-2-4-6-16)31-19-9-7-14(22(24,25)26)11-17(19)18-12-15(23(27,28)29)8-10-20(18)31/h2-13,21,30,32H,1H3. The number of nitrogens with zero attached hydrogens (tertiary/aromatic N) is 1. The fraction of sp³-hybridized carbons (Fsp3) is 0.217. The lowest BCUT2D eigenvalue weighted by Gasteiger charge is -2.26. The summed E-state index contributed by atoms with van der Waals surface area (Å²) in [6.07, 6.45) is -11.2. The van der Waals surface area contributed by atoms with Crippen LogP contribution in [-0.2, 0) is 12.4 Å². The van der Waals surface area contributed by atoms with Gasteiger partial charge in [-0.15, -0.1) is 0 Å². The Morgan fingerprint density at radius 1 is 0.750 bits per heavy atom. The van der Waals surface area contributed by atoms with Crippen molar-refractivity contribution in [1.29, 1.82) is 0 Å². The van der Waals surface area contributed by atoms with Gasteiger partial charge in [-0.1, -0.05) is 18.2 Å². The van der Waals surface area contributed by atoms with E-state index in [1.807, 2.05) is 0 Å². The Bertz CT molecular complexity index is 1190. The molecule has 9 heteroatoms. The minimum atomic E-state index is -4.66. The molecule has 1 aromatic heterocycles. The van der Waals surface area contributed by atoms with Crippen molar-refractivity contribution in [1.82, 2.24) is 4.57 Å². The molecule has 0 aliphatic carbocycles. The number of aliphatic hydroxyl groups excluding tert-OH is 1. The molecule has 0 aliphatic rings. The van der Waals surface area contributed by atoms with Gasteiger partial charge in [-0.2, -0.15) is 26.3 Å². The van der Waals surface area contributed by atoms with Crippen LogP contribution in [0.5, 0.6) is 0 Å². The van der Waals surface area contributed by atoms with Crippen LogP contribution in [0, 0.1) is 0 Å². The second kappa shape index (κ2) is 7.74. The van der Waals surface area contributed by atoms with Crippen molar-refractivity contribution < 1.29 is 31.4 Å². The second-order valence-electron chi connectivity index (χ2n) is 7.53. The third-order valence-electron chi connectivity index (χ3n) is 5.28. The highest BCUT2D eigenvalue weighted by Gasteiger charge is 2.34. The first-order chi connectivity index (χ1) is 15.0. The van der Waals surface area contributed by atoms with Gasteiger partial charge >= 0.3 is 12.4 Å². The van der Waals surface area contributed by atoms with Crippen LogP contribution in [0.3, 0.4) is 0 Å². The van der Waals surface area contributed by atoms with E-state index in [1.165, 1.54) is 23.6 Å². The van der Waals surface area contributed by atoms with Crippen LogP contribution in [0.4, 0.5) is 32.0 Å². The van der Waals surface area contributed by atoms with Crippen LogP contribution >= 0.6 is 0 Å². The van der Waals surface area contributed by atoms with Gasteiger partial charge in [-0.25, -0.2) is 0 Å². The highest BCUT2D eigenvalue weighted by atomic mass is 19.4. The predicted octanol–water partition coefficient (Wildman–Crippen LogP) is 6.82. The second-order valence-corrected chi connectivity index (χ2v) is 7.53. The summed E-state index contributed by atoms with van der Waals surface area (Å²) in [6, 6.07) is 14.7. The Kier molecular flexibility index (Phi) is 5.32. The smallest absolute Gasteiger partial charge is 0.389 e. The third kappa shape index (κ3) is 4.00. The fourth-order valence-corrected chi connectivity index (χ4v) is 3.81. The first-order valence-electron chi connectivity index (χ1n) is 9.68. The van der Waals surface area contributed by atoms with E-state index in [0.29, 0.717) is 5.69 Å². The number of rotatable bonds is 4. The van der Waals surface area contributed by atoms with Crippen LogP contribution < -0.4 is 5.32 Å². The molecule has 1 heterocycles. The lowest BCUT2D eigenvalue weighted by atomic mass is 10.1. The van der Waals surface area contributed by atoms with Gasteiger partial charge in [0.1, 0.15) is 6.17 Å². The van der Waals surface area contributed by atoms with E-state index in [4.69, 9.17) is 0 Å². The van der Waals surface area contributed by atoms with Crippen LogP contribution in [0.2, 0.25) is 0 Å². The van der Waals surface area contributed by atoms with Gasteiger partial charge in [0, 0.05) is 16.5 Å². The number of benzene rings is 3. The minimum absolute atomic E-state index is 0.0152. The largest absolute Gasteiger partial charge is 0.416 e. The van der Waals surface area contributed by atoms with Crippen molar-refractivity contribution in [2.45, 2.75) is 31.5 Å². The Morgan fingerprint density at radius 3 is 1.62 bits per heavy atom. The number of alkyl halides is 6. The quantitative estimate of drug-likeness (QED) is 0.333. The van der Waals surface area contributed by atoms with Crippen LogP contribution in [0.15, 0.2) is 66.7 Å². The van der Waals surface area contributed by atoms with E-state index >= 15 is 0 Å². The minimum Gasteiger partial charge on any atom is -0.389 e. The average molecular weight is 452 g/mol. The van der Waals surface area contributed by atoms with E-state index in [9.17, 15) is 31.4 Å². The molecular weight excluding hydrogens is 434 g/mol. The van der Waals surface area contributed by atoms with Crippen molar-refractivity contribution in [3.05, 3.63) is 77.9 Å². The summed E-state index contributed by atoms with van der Waals surface area (Å²) >= 11 is 0. The van der Waals surface area contributed by atoms with E-state index < -0.39 is 35.7 Å². The van der Waals surface area contributed by atoms with Crippen LogP contribution in [-0.4, -0.2) is 15.8 Å². The third-order valence-corrected chi connectivity index (χ3v) is 5.28. The van der Waals surface area contributed by atoms with Crippen molar-refractivity contribution >= 4 is 27.5 Å². The lowest BCUT2D eigenvalue weighted by Crippen LogP contribution is -2.28. The van der Waals surface area contributed by atoms with E-state index in [2.05, 4.69) is 5.32 Å². The van der Waals surface area contributed by atoms with Gasteiger partial charge in [0.05, 0.1) is 28.3 Å². The van der Waals surface area contributed by atoms with E-state index in [1.54, 1.807) is 30.3 Å². The molecule has 0 aliphatic heterocycles. The number of halogens is 6. The molecule has 0 fully saturated rings. The predicted molar refractivity (Wildman–Crippen MR) is 110 cm³/mol. The normalized spacial score (nSPS) is 14.6. The lowest BCUT2D eigenvalue weighted by molar-refractivity contribution is -0.138. The maximum Gasteiger partial charge on any atom is 0.416 e. The van der Waals surface area contributed by atoms with Crippen LogP contribution in [0.1, 0.15) is 24.2 Å². The maximum atomic E-state index is 13.3. The number of aliphatic hydroxyl groups is 1. The Morgan fingerprint density at radius 2 is 1.22 bits per heavy atom. The molecule has 0 saturated heterocycles. The average Bonchev–Trinajstić information content (AvgIpc) is 3.04. The molecule has 2 N–H and O–H groups in total. The molecule has 168 valence electrons. The number of nitrogens with one attached hydrogen (secondary N) is 1. The molecule has 32 heavy (non-hydrogen) atoms. The van der Waals surface area contributed by atoms with Crippen molar-refractivity contribution in [3.63, 3.8) is 0 Å². The topological polar surface area (TPSA) is 37.2 Å². The summed E-state index contributed by atoms with van der Waals surface area (Å²) in [6.45, 7) is 1.49. The molecule has 0 amide bonds. The van der Waals surface area contributed by atoms with E-state index in [-0.39, 0.29) is 21.8 Å². The van der Waals surface area contributed by atoms with Gasteiger partial charge in [0.25, 0.3) is 0 Å². The molecule has 0 spiro atoms. The van der Waals surface area contributed by atoms with Gasteiger partial charge in [0.2, 0.25) is 0 Å². The summed E-state index contributed by atoms with van der Waals surface area (Å²) < 4.78 is 81.5. The van der Waals surface area contributed by atoms with Gasteiger partial charge in [0.15, 0.2) is 0 Å². The van der Waals surface area contributed by atoms with Crippen molar-refractivity contribution in [2.24, 2.45) is 0 Å².